The summed E-state index contributed by atoms with van der Waals surface area (Å²) in [6, 6.07) is 0.268. The minimum absolute atomic E-state index is 0.197. The number of carbonyl (C=O) groups excluding carboxylic acids is 1. The van der Waals surface area contributed by atoms with Crippen LogP contribution in [-0.2, 0) is 4.79 Å². The van der Waals surface area contributed by atoms with Crippen LogP contribution in [-0.4, -0.2) is 11.9 Å². The Labute approximate surface area is 149 Å². The minimum Gasteiger partial charge on any atom is -0.354 e. The van der Waals surface area contributed by atoms with Gasteiger partial charge in [-0.15, -0.1) is 0 Å². The van der Waals surface area contributed by atoms with E-state index in [1.807, 2.05) is 0 Å². The summed E-state index contributed by atoms with van der Waals surface area (Å²) in [6.07, 6.45) is 15.0. The van der Waals surface area contributed by atoms with Crippen LogP contribution in [0.3, 0.4) is 0 Å². The lowest BCUT2D eigenvalue weighted by Crippen LogP contribution is -2.34. The van der Waals surface area contributed by atoms with Gasteiger partial charge in [-0.3, -0.25) is 4.79 Å². The van der Waals surface area contributed by atoms with Crippen LogP contribution in [0.5, 0.6) is 0 Å². The predicted octanol–water partition coefficient (Wildman–Crippen LogP) is 5.65. The van der Waals surface area contributed by atoms with Crippen molar-refractivity contribution >= 4 is 5.91 Å². The van der Waals surface area contributed by atoms with Crippen LogP contribution >= 0.6 is 0 Å². The Hall–Kier alpha value is -1.05. The first-order chi connectivity index (χ1) is 11.5. The van der Waals surface area contributed by atoms with E-state index in [2.05, 4.69) is 44.8 Å². The van der Waals surface area contributed by atoms with E-state index < -0.39 is 0 Å². The minimum atomic E-state index is 0.197. The van der Waals surface area contributed by atoms with Crippen molar-refractivity contribution in [2.75, 3.05) is 0 Å². The Balaban J connectivity index is 1.62. The van der Waals surface area contributed by atoms with E-state index in [0.29, 0.717) is 24.2 Å². The van der Waals surface area contributed by atoms with E-state index in [9.17, 15) is 4.79 Å². The van der Waals surface area contributed by atoms with Crippen molar-refractivity contribution in [1.29, 1.82) is 0 Å². The normalized spacial score (nSPS) is 28.2. The molecule has 24 heavy (non-hydrogen) atoms. The van der Waals surface area contributed by atoms with Gasteiger partial charge >= 0.3 is 0 Å². The van der Waals surface area contributed by atoms with Gasteiger partial charge in [0, 0.05) is 12.5 Å². The topological polar surface area (TPSA) is 29.1 Å². The molecule has 136 valence electrons. The van der Waals surface area contributed by atoms with Gasteiger partial charge < -0.3 is 5.32 Å². The fourth-order valence-electron chi connectivity index (χ4n) is 4.35. The summed E-state index contributed by atoms with van der Waals surface area (Å²) < 4.78 is 0. The molecule has 0 bridgehead atoms. The molecule has 0 heterocycles. The number of hydrogen-bond donors (Lipinski definition) is 1. The fourth-order valence-corrected chi connectivity index (χ4v) is 4.35. The van der Waals surface area contributed by atoms with E-state index in [4.69, 9.17) is 0 Å². The highest BCUT2D eigenvalue weighted by Gasteiger charge is 2.37. The maximum atomic E-state index is 12.2. The molecular weight excluding hydrogens is 294 g/mol. The fraction of sp³-hybridized carbons (Fsp3) is 0.773. The van der Waals surface area contributed by atoms with Crippen LogP contribution in [0.4, 0.5) is 0 Å². The van der Waals surface area contributed by atoms with Gasteiger partial charge in [0.2, 0.25) is 5.91 Å². The number of nitrogens with one attached hydrogen (secondary N) is 1. The van der Waals surface area contributed by atoms with Crippen molar-refractivity contribution in [2.24, 2.45) is 23.7 Å². The van der Waals surface area contributed by atoms with Gasteiger partial charge in [-0.1, -0.05) is 51.0 Å². The monoisotopic (exact) mass is 331 g/mol. The second kappa shape index (κ2) is 9.44. The standard InChI is InChI=1S/C22H37NO/c1-5-9-20-15-21(20)16(2)12-13-22(24)23-18(4)14-17(3)19-10-7-6-8-11-19/h7,10,17-21H,2,5-6,8-9,11-15H2,1,3-4H3,(H,23,24)/t17-,18?,19+,20+,21-/m0/s1. The molecular formula is C22H37NO. The van der Waals surface area contributed by atoms with E-state index in [1.165, 1.54) is 44.1 Å². The van der Waals surface area contributed by atoms with Crippen LogP contribution in [0.15, 0.2) is 24.3 Å². The predicted molar refractivity (Wildman–Crippen MR) is 103 cm³/mol. The van der Waals surface area contributed by atoms with E-state index in [0.717, 1.165) is 18.8 Å². The average molecular weight is 332 g/mol. The maximum absolute atomic E-state index is 12.2. The van der Waals surface area contributed by atoms with E-state index in [-0.39, 0.29) is 11.9 Å². The molecule has 1 fully saturated rings. The van der Waals surface area contributed by atoms with Crippen LogP contribution in [0, 0.1) is 23.7 Å². The summed E-state index contributed by atoms with van der Waals surface area (Å²) in [4.78, 5) is 12.2. The Morgan fingerprint density at radius 3 is 2.79 bits per heavy atom. The van der Waals surface area contributed by atoms with Crippen molar-refractivity contribution in [3.05, 3.63) is 24.3 Å². The number of hydrogen-bond acceptors (Lipinski definition) is 1. The third-order valence-corrected chi connectivity index (χ3v) is 5.93. The largest absolute Gasteiger partial charge is 0.354 e. The smallest absolute Gasteiger partial charge is 0.220 e. The summed E-state index contributed by atoms with van der Waals surface area (Å²) in [6.45, 7) is 10.9. The second-order valence-electron chi connectivity index (χ2n) is 8.25. The summed E-state index contributed by atoms with van der Waals surface area (Å²) in [7, 11) is 0. The van der Waals surface area contributed by atoms with Gasteiger partial charge in [0.1, 0.15) is 0 Å². The van der Waals surface area contributed by atoms with Crippen molar-refractivity contribution in [1.82, 2.24) is 5.32 Å². The van der Waals surface area contributed by atoms with Gasteiger partial charge in [-0.25, -0.2) is 0 Å². The van der Waals surface area contributed by atoms with Crippen LogP contribution in [0.2, 0.25) is 0 Å². The number of rotatable bonds is 10. The molecule has 1 unspecified atom stereocenters. The highest BCUT2D eigenvalue weighted by molar-refractivity contribution is 5.76. The molecule has 0 radical (unpaired) electrons. The van der Waals surface area contributed by atoms with Crippen molar-refractivity contribution in [3.63, 3.8) is 0 Å². The van der Waals surface area contributed by atoms with Crippen LogP contribution in [0.1, 0.15) is 78.6 Å². The molecule has 1 amide bonds. The van der Waals surface area contributed by atoms with Gasteiger partial charge in [-0.05, 0) is 69.1 Å². The molecule has 2 aliphatic rings. The zero-order valence-corrected chi connectivity index (χ0v) is 16.0. The van der Waals surface area contributed by atoms with Crippen molar-refractivity contribution < 1.29 is 4.79 Å². The molecule has 1 N–H and O–H groups in total. The zero-order valence-electron chi connectivity index (χ0n) is 16.0. The molecule has 0 aromatic heterocycles. The van der Waals surface area contributed by atoms with Gasteiger partial charge in [-0.2, -0.15) is 0 Å². The molecule has 2 nitrogen and oxygen atoms in total. The first kappa shape index (κ1) is 19.3. The molecule has 2 heteroatoms. The summed E-state index contributed by atoms with van der Waals surface area (Å²) >= 11 is 0. The Bertz CT molecular complexity index is 453. The number of amides is 1. The highest BCUT2D eigenvalue weighted by Crippen LogP contribution is 2.47. The van der Waals surface area contributed by atoms with Crippen LogP contribution < -0.4 is 5.32 Å². The molecule has 5 atom stereocenters. The number of carbonyl (C=O) groups is 1. The molecule has 1 saturated carbocycles. The van der Waals surface area contributed by atoms with Gasteiger partial charge in [0.05, 0.1) is 0 Å². The van der Waals surface area contributed by atoms with E-state index >= 15 is 0 Å². The molecule has 0 aromatic rings. The van der Waals surface area contributed by atoms with E-state index in [1.54, 1.807) is 0 Å². The molecule has 2 aliphatic carbocycles. The third-order valence-electron chi connectivity index (χ3n) is 5.93. The zero-order chi connectivity index (χ0) is 17.5. The highest BCUT2D eigenvalue weighted by atomic mass is 16.1. The van der Waals surface area contributed by atoms with Crippen molar-refractivity contribution in [3.8, 4) is 0 Å². The molecule has 0 aromatic carbocycles. The quantitative estimate of drug-likeness (QED) is 0.515. The lowest BCUT2D eigenvalue weighted by molar-refractivity contribution is -0.121. The Morgan fingerprint density at radius 1 is 1.33 bits per heavy atom. The van der Waals surface area contributed by atoms with Crippen molar-refractivity contribution in [2.45, 2.75) is 84.6 Å². The summed E-state index contributed by atoms with van der Waals surface area (Å²) in [5.41, 5.74) is 1.30. The first-order valence-electron chi connectivity index (χ1n) is 10.1. The summed E-state index contributed by atoms with van der Waals surface area (Å²) in [5, 5.41) is 3.20. The second-order valence-corrected chi connectivity index (χ2v) is 8.25. The lowest BCUT2D eigenvalue weighted by Gasteiger charge is -2.26. The molecule has 0 spiro atoms. The van der Waals surface area contributed by atoms with Crippen LogP contribution in [0.25, 0.3) is 0 Å². The Kier molecular flexibility index (Phi) is 7.58. The number of allylic oxidation sites excluding steroid dienone is 3. The first-order valence-corrected chi connectivity index (χ1v) is 10.1. The van der Waals surface area contributed by atoms with Gasteiger partial charge in [0.25, 0.3) is 0 Å². The third kappa shape index (κ3) is 6.11. The molecule has 0 saturated heterocycles. The average Bonchev–Trinajstić information content (AvgIpc) is 3.33. The van der Waals surface area contributed by atoms with Gasteiger partial charge in [0.15, 0.2) is 0 Å². The lowest BCUT2D eigenvalue weighted by atomic mass is 9.82. The SMILES string of the molecule is C=C(CCC(=O)NC(C)C[C@H](C)[C@@H]1C=CCCC1)[C@@H]1C[C@H]1CCC. The molecule has 0 aliphatic heterocycles. The molecule has 2 rings (SSSR count). The Morgan fingerprint density at radius 2 is 2.12 bits per heavy atom. The summed E-state index contributed by atoms with van der Waals surface area (Å²) in [5.74, 6) is 3.10. The maximum Gasteiger partial charge on any atom is 0.220 e.